The molecule has 2 heterocycles. The van der Waals surface area contributed by atoms with Gasteiger partial charge in [-0.05, 0) is 31.9 Å². The predicted octanol–water partition coefficient (Wildman–Crippen LogP) is 2.30. The quantitative estimate of drug-likeness (QED) is 0.778. The number of aliphatic hydroxyl groups is 1. The maximum atomic E-state index is 8.74. The van der Waals surface area contributed by atoms with Gasteiger partial charge in [-0.3, -0.25) is 4.68 Å². The fourth-order valence-corrected chi connectivity index (χ4v) is 2.06. The van der Waals surface area contributed by atoms with Crippen LogP contribution in [0.4, 0.5) is 0 Å². The van der Waals surface area contributed by atoms with E-state index in [4.69, 9.17) is 9.52 Å². The molecule has 0 aromatic carbocycles. The number of aromatic nitrogens is 3. The molecule has 1 N–H and O–H groups in total. The van der Waals surface area contributed by atoms with Crippen molar-refractivity contribution in [2.75, 3.05) is 6.61 Å². The maximum absolute atomic E-state index is 8.74. The van der Waals surface area contributed by atoms with E-state index in [0.717, 1.165) is 43.0 Å². The maximum Gasteiger partial charge on any atom is 0.107 e. The number of aliphatic hydroxyl groups excluding tert-OH is 1. The van der Waals surface area contributed by atoms with Crippen molar-refractivity contribution < 1.29 is 9.52 Å². The van der Waals surface area contributed by atoms with Crippen LogP contribution in [0.2, 0.25) is 0 Å². The summed E-state index contributed by atoms with van der Waals surface area (Å²) in [6.45, 7) is 5.12. The summed E-state index contributed by atoms with van der Waals surface area (Å²) in [5, 5.41) is 17.0. The molecule has 0 unspecified atom stereocenters. The van der Waals surface area contributed by atoms with Gasteiger partial charge in [0.1, 0.15) is 11.5 Å². The highest BCUT2D eigenvalue weighted by Gasteiger charge is 2.12. The minimum Gasteiger partial charge on any atom is -0.466 e. The van der Waals surface area contributed by atoms with Crippen LogP contribution >= 0.6 is 0 Å². The predicted molar refractivity (Wildman–Crippen MR) is 71.9 cm³/mol. The van der Waals surface area contributed by atoms with Crippen LogP contribution in [0.1, 0.15) is 42.9 Å². The third kappa shape index (κ3) is 3.92. The summed E-state index contributed by atoms with van der Waals surface area (Å²) in [5.41, 5.74) is 0.977. The Bertz CT molecular complexity index is 504. The van der Waals surface area contributed by atoms with Crippen LogP contribution in [-0.2, 0) is 13.0 Å². The number of hydrogen-bond donors (Lipinski definition) is 1. The molecule has 0 aliphatic rings. The Balaban J connectivity index is 1.88. The standard InChI is InChI=1S/C14H21N3O2/c1-11(14-6-5-12(2)19-14)9-13-10-17(16-15-13)7-3-4-8-18/h5-6,10-11,18H,3-4,7-9H2,1-2H3/t11-/m1/s1. The lowest BCUT2D eigenvalue weighted by molar-refractivity contribution is 0.280. The molecule has 0 saturated carbocycles. The van der Waals surface area contributed by atoms with Gasteiger partial charge < -0.3 is 9.52 Å². The van der Waals surface area contributed by atoms with Crippen LogP contribution in [-0.4, -0.2) is 26.7 Å². The molecule has 0 bridgehead atoms. The number of nitrogens with zero attached hydrogens (tertiary/aromatic N) is 3. The van der Waals surface area contributed by atoms with E-state index in [1.165, 1.54) is 0 Å². The Hall–Kier alpha value is -1.62. The third-order valence-electron chi connectivity index (χ3n) is 3.14. The van der Waals surface area contributed by atoms with Crippen LogP contribution < -0.4 is 0 Å². The van der Waals surface area contributed by atoms with Gasteiger partial charge in [0.2, 0.25) is 0 Å². The van der Waals surface area contributed by atoms with Gasteiger partial charge in [-0.2, -0.15) is 0 Å². The molecule has 2 aromatic heterocycles. The Morgan fingerprint density at radius 2 is 2.21 bits per heavy atom. The van der Waals surface area contributed by atoms with Crippen molar-refractivity contribution in [2.45, 2.75) is 45.6 Å². The van der Waals surface area contributed by atoms with Gasteiger partial charge >= 0.3 is 0 Å². The lowest BCUT2D eigenvalue weighted by Gasteiger charge is -2.05. The van der Waals surface area contributed by atoms with E-state index in [-0.39, 0.29) is 6.61 Å². The second-order valence-electron chi connectivity index (χ2n) is 4.96. The largest absolute Gasteiger partial charge is 0.466 e. The van der Waals surface area contributed by atoms with Crippen molar-refractivity contribution >= 4 is 0 Å². The highest BCUT2D eigenvalue weighted by molar-refractivity contribution is 5.12. The van der Waals surface area contributed by atoms with Crippen molar-refractivity contribution in [3.8, 4) is 0 Å². The Morgan fingerprint density at radius 1 is 1.37 bits per heavy atom. The zero-order chi connectivity index (χ0) is 13.7. The molecule has 5 nitrogen and oxygen atoms in total. The molecule has 0 aliphatic heterocycles. The molecule has 0 aliphatic carbocycles. The average molecular weight is 263 g/mol. The van der Waals surface area contributed by atoms with E-state index in [2.05, 4.69) is 17.2 Å². The summed E-state index contributed by atoms with van der Waals surface area (Å²) in [6, 6.07) is 4.00. The van der Waals surface area contributed by atoms with Gasteiger partial charge in [0.05, 0.1) is 5.69 Å². The van der Waals surface area contributed by atoms with Crippen molar-refractivity contribution in [1.29, 1.82) is 0 Å². The van der Waals surface area contributed by atoms with E-state index in [1.807, 2.05) is 29.9 Å². The Morgan fingerprint density at radius 3 is 2.89 bits per heavy atom. The topological polar surface area (TPSA) is 64.1 Å². The fourth-order valence-electron chi connectivity index (χ4n) is 2.06. The van der Waals surface area contributed by atoms with Crippen LogP contribution in [0.3, 0.4) is 0 Å². The first-order valence-electron chi connectivity index (χ1n) is 6.75. The molecule has 2 aromatic rings. The number of furan rings is 1. The highest BCUT2D eigenvalue weighted by Crippen LogP contribution is 2.21. The molecule has 0 saturated heterocycles. The second kappa shape index (κ2) is 6.52. The lowest BCUT2D eigenvalue weighted by atomic mass is 10.0. The summed E-state index contributed by atoms with van der Waals surface area (Å²) >= 11 is 0. The van der Waals surface area contributed by atoms with Crippen LogP contribution in [0.25, 0.3) is 0 Å². The third-order valence-corrected chi connectivity index (χ3v) is 3.14. The van der Waals surface area contributed by atoms with Crippen LogP contribution in [0.15, 0.2) is 22.7 Å². The number of rotatable bonds is 7. The molecule has 0 spiro atoms. The van der Waals surface area contributed by atoms with Gasteiger partial charge in [-0.15, -0.1) is 5.10 Å². The molecule has 19 heavy (non-hydrogen) atoms. The van der Waals surface area contributed by atoms with Crippen molar-refractivity contribution in [1.82, 2.24) is 15.0 Å². The van der Waals surface area contributed by atoms with E-state index >= 15 is 0 Å². The summed E-state index contributed by atoms with van der Waals surface area (Å²) in [5.74, 6) is 2.23. The average Bonchev–Trinajstić information content (AvgIpc) is 2.99. The van der Waals surface area contributed by atoms with Gasteiger partial charge in [0.25, 0.3) is 0 Å². The Kier molecular flexibility index (Phi) is 4.74. The SMILES string of the molecule is Cc1ccc([C@H](C)Cc2cn(CCCCO)nn2)o1. The summed E-state index contributed by atoms with van der Waals surface area (Å²) in [7, 11) is 0. The monoisotopic (exact) mass is 263 g/mol. The molecule has 0 amide bonds. The van der Waals surface area contributed by atoms with Crippen LogP contribution in [0, 0.1) is 6.92 Å². The van der Waals surface area contributed by atoms with Crippen molar-refractivity contribution in [3.05, 3.63) is 35.5 Å². The first kappa shape index (κ1) is 13.8. The number of hydrogen-bond acceptors (Lipinski definition) is 4. The minimum atomic E-state index is 0.233. The summed E-state index contributed by atoms with van der Waals surface area (Å²) in [6.07, 6.45) is 4.53. The minimum absolute atomic E-state index is 0.233. The van der Waals surface area contributed by atoms with E-state index < -0.39 is 0 Å². The molecule has 0 radical (unpaired) electrons. The molecule has 5 heteroatoms. The first-order chi connectivity index (χ1) is 9.19. The van der Waals surface area contributed by atoms with Crippen LogP contribution in [0.5, 0.6) is 0 Å². The molecule has 104 valence electrons. The Labute approximate surface area is 113 Å². The van der Waals surface area contributed by atoms with E-state index in [1.54, 1.807) is 0 Å². The molecule has 2 rings (SSSR count). The van der Waals surface area contributed by atoms with Gasteiger partial charge in [-0.25, -0.2) is 0 Å². The zero-order valence-corrected chi connectivity index (χ0v) is 11.5. The molecular weight excluding hydrogens is 242 g/mol. The van der Waals surface area contributed by atoms with E-state index in [9.17, 15) is 0 Å². The van der Waals surface area contributed by atoms with Gasteiger partial charge in [-0.1, -0.05) is 12.1 Å². The smallest absolute Gasteiger partial charge is 0.107 e. The fraction of sp³-hybridized carbons (Fsp3) is 0.571. The molecule has 1 atom stereocenters. The van der Waals surface area contributed by atoms with Crippen molar-refractivity contribution in [3.63, 3.8) is 0 Å². The number of aryl methyl sites for hydroxylation is 2. The summed E-state index contributed by atoms with van der Waals surface area (Å²) < 4.78 is 7.46. The van der Waals surface area contributed by atoms with Gasteiger partial charge in [0.15, 0.2) is 0 Å². The second-order valence-corrected chi connectivity index (χ2v) is 4.96. The summed E-state index contributed by atoms with van der Waals surface area (Å²) in [4.78, 5) is 0. The van der Waals surface area contributed by atoms with Gasteiger partial charge in [0, 0.05) is 31.7 Å². The highest BCUT2D eigenvalue weighted by atomic mass is 16.3. The number of unbranched alkanes of at least 4 members (excludes halogenated alkanes) is 1. The molecule has 0 fully saturated rings. The first-order valence-corrected chi connectivity index (χ1v) is 6.75. The van der Waals surface area contributed by atoms with Crippen molar-refractivity contribution in [2.24, 2.45) is 0 Å². The van der Waals surface area contributed by atoms with E-state index in [0.29, 0.717) is 5.92 Å². The lowest BCUT2D eigenvalue weighted by Crippen LogP contribution is -1.99. The zero-order valence-electron chi connectivity index (χ0n) is 11.5. The molecular formula is C14H21N3O2. The normalized spacial score (nSPS) is 12.8.